The van der Waals surface area contributed by atoms with Gasteiger partial charge in [-0.2, -0.15) is 0 Å². The Labute approximate surface area is 135 Å². The van der Waals surface area contributed by atoms with E-state index in [4.69, 9.17) is 15.3 Å². The molecule has 4 N–H and O–H groups in total. The first-order chi connectivity index (χ1) is 11.3. The van der Waals surface area contributed by atoms with Crippen molar-refractivity contribution in [2.24, 2.45) is 0 Å². The molecule has 0 saturated carbocycles. The van der Waals surface area contributed by atoms with Crippen molar-refractivity contribution in [3.8, 4) is 0 Å². The maximum atomic E-state index is 12.2. The minimum atomic E-state index is -1.36. The average molecular weight is 329 g/mol. The Hall–Kier alpha value is -3.68. The van der Waals surface area contributed by atoms with Gasteiger partial charge in [0.2, 0.25) is 0 Å². The summed E-state index contributed by atoms with van der Waals surface area (Å²) in [4.78, 5) is 45.5. The predicted molar refractivity (Wildman–Crippen MR) is 81.7 cm³/mol. The van der Waals surface area contributed by atoms with E-state index in [9.17, 15) is 19.2 Å². The number of rotatable bonds is 5. The summed E-state index contributed by atoms with van der Waals surface area (Å²) in [5.74, 6) is -4.82. The van der Waals surface area contributed by atoms with Gasteiger partial charge in [0.05, 0.1) is 22.3 Å². The zero-order valence-corrected chi connectivity index (χ0v) is 12.0. The maximum absolute atomic E-state index is 12.2. The molecular weight excluding hydrogens is 318 g/mol. The van der Waals surface area contributed by atoms with Gasteiger partial charge in [-0.1, -0.05) is 12.1 Å². The highest BCUT2D eigenvalue weighted by Crippen LogP contribution is 2.18. The minimum absolute atomic E-state index is 0.0718. The number of amides is 1. The van der Waals surface area contributed by atoms with Gasteiger partial charge in [-0.3, -0.25) is 4.79 Å². The monoisotopic (exact) mass is 329 g/mol. The molecule has 0 radical (unpaired) electrons. The molecule has 0 aromatic heterocycles. The maximum Gasteiger partial charge on any atom is 0.336 e. The summed E-state index contributed by atoms with van der Waals surface area (Å²) >= 11 is 0. The standard InChI is InChI=1S/C16H11NO7/c18-13(11-3-1-2-4-12(11)16(23)24)17-10-6-8(14(19)20)5-9(7-10)15(21)22/h1-7H,(H,17,18)(H,19,20)(H,21,22)(H,23,24). The van der Waals surface area contributed by atoms with Gasteiger partial charge in [0.15, 0.2) is 0 Å². The molecule has 0 aliphatic rings. The fraction of sp³-hybridized carbons (Fsp3) is 0. The number of nitrogens with one attached hydrogen (secondary N) is 1. The molecule has 0 fully saturated rings. The molecule has 0 heterocycles. The fourth-order valence-electron chi connectivity index (χ4n) is 2.01. The van der Waals surface area contributed by atoms with E-state index in [1.54, 1.807) is 0 Å². The minimum Gasteiger partial charge on any atom is -0.478 e. The summed E-state index contributed by atoms with van der Waals surface area (Å²) in [5.41, 5.74) is -1.09. The van der Waals surface area contributed by atoms with Crippen molar-refractivity contribution in [3.05, 3.63) is 64.7 Å². The number of carbonyl (C=O) groups excluding carboxylic acids is 1. The van der Waals surface area contributed by atoms with Crippen molar-refractivity contribution >= 4 is 29.5 Å². The Kier molecular flexibility index (Phi) is 4.60. The summed E-state index contributed by atoms with van der Waals surface area (Å²) in [5, 5.41) is 29.4. The first-order valence-corrected chi connectivity index (χ1v) is 6.55. The topological polar surface area (TPSA) is 141 Å². The number of carbonyl (C=O) groups is 4. The highest BCUT2D eigenvalue weighted by Gasteiger charge is 2.17. The van der Waals surface area contributed by atoms with Crippen LogP contribution in [0.1, 0.15) is 41.4 Å². The van der Waals surface area contributed by atoms with E-state index in [-0.39, 0.29) is 27.9 Å². The smallest absolute Gasteiger partial charge is 0.336 e. The Morgan fingerprint density at radius 3 is 1.67 bits per heavy atom. The summed E-state index contributed by atoms with van der Waals surface area (Å²) < 4.78 is 0. The summed E-state index contributed by atoms with van der Waals surface area (Å²) in [6.45, 7) is 0. The van der Waals surface area contributed by atoms with E-state index in [0.29, 0.717) is 0 Å². The van der Waals surface area contributed by atoms with Gasteiger partial charge in [-0.25, -0.2) is 14.4 Å². The molecule has 8 nitrogen and oxygen atoms in total. The molecule has 2 aromatic carbocycles. The molecule has 2 aromatic rings. The first kappa shape index (κ1) is 16.7. The van der Waals surface area contributed by atoms with Crippen molar-refractivity contribution in [2.75, 3.05) is 5.32 Å². The second-order valence-electron chi connectivity index (χ2n) is 4.71. The summed E-state index contributed by atoms with van der Waals surface area (Å²) in [6.07, 6.45) is 0. The third kappa shape index (κ3) is 3.55. The van der Waals surface area contributed by atoms with Crippen LogP contribution in [0.15, 0.2) is 42.5 Å². The van der Waals surface area contributed by atoms with Gasteiger partial charge in [-0.05, 0) is 30.3 Å². The highest BCUT2D eigenvalue weighted by atomic mass is 16.4. The van der Waals surface area contributed by atoms with Crippen LogP contribution >= 0.6 is 0 Å². The molecule has 122 valence electrons. The molecule has 24 heavy (non-hydrogen) atoms. The molecule has 0 unspecified atom stereocenters. The van der Waals surface area contributed by atoms with E-state index in [1.165, 1.54) is 24.3 Å². The fourth-order valence-corrected chi connectivity index (χ4v) is 2.01. The number of aromatic carboxylic acids is 3. The predicted octanol–water partition coefficient (Wildman–Crippen LogP) is 2.03. The number of hydrogen-bond donors (Lipinski definition) is 4. The lowest BCUT2D eigenvalue weighted by atomic mass is 10.1. The molecule has 0 saturated heterocycles. The Bertz CT molecular complexity index is 825. The number of benzene rings is 2. The van der Waals surface area contributed by atoms with Crippen LogP contribution in [0.5, 0.6) is 0 Å². The average Bonchev–Trinajstić information content (AvgIpc) is 2.54. The lowest BCUT2D eigenvalue weighted by molar-refractivity contribution is 0.0681. The summed E-state index contributed by atoms with van der Waals surface area (Å²) in [6, 6.07) is 8.56. The van der Waals surface area contributed by atoms with Crippen LogP contribution in [0.4, 0.5) is 5.69 Å². The zero-order valence-electron chi connectivity index (χ0n) is 12.0. The number of carboxylic acid groups (broad SMARTS) is 3. The van der Waals surface area contributed by atoms with Crippen molar-refractivity contribution < 1.29 is 34.5 Å². The van der Waals surface area contributed by atoms with Gasteiger partial charge in [-0.15, -0.1) is 0 Å². The summed E-state index contributed by atoms with van der Waals surface area (Å²) in [7, 11) is 0. The molecule has 1 amide bonds. The van der Waals surface area contributed by atoms with Crippen molar-refractivity contribution in [3.63, 3.8) is 0 Å². The highest BCUT2D eigenvalue weighted by molar-refractivity contribution is 6.11. The second kappa shape index (κ2) is 6.61. The van der Waals surface area contributed by atoms with Crippen molar-refractivity contribution in [1.82, 2.24) is 0 Å². The molecule has 8 heteroatoms. The van der Waals surface area contributed by atoms with E-state index >= 15 is 0 Å². The van der Waals surface area contributed by atoms with Crippen LogP contribution in [0.2, 0.25) is 0 Å². The number of hydrogen-bond acceptors (Lipinski definition) is 4. The van der Waals surface area contributed by atoms with Crippen molar-refractivity contribution in [2.45, 2.75) is 0 Å². The zero-order chi connectivity index (χ0) is 17.9. The van der Waals surface area contributed by atoms with Crippen LogP contribution in [0.25, 0.3) is 0 Å². The number of anilines is 1. The van der Waals surface area contributed by atoms with Crippen LogP contribution in [-0.2, 0) is 0 Å². The van der Waals surface area contributed by atoms with E-state index in [1.807, 2.05) is 0 Å². The largest absolute Gasteiger partial charge is 0.478 e. The van der Waals surface area contributed by atoms with Crippen LogP contribution in [0.3, 0.4) is 0 Å². The Balaban J connectivity index is 2.41. The van der Waals surface area contributed by atoms with Crippen molar-refractivity contribution in [1.29, 1.82) is 0 Å². The first-order valence-electron chi connectivity index (χ1n) is 6.55. The molecule has 0 aliphatic carbocycles. The lowest BCUT2D eigenvalue weighted by Gasteiger charge is -2.09. The van der Waals surface area contributed by atoms with Crippen LogP contribution in [0, 0.1) is 0 Å². The quantitative estimate of drug-likeness (QED) is 0.657. The lowest BCUT2D eigenvalue weighted by Crippen LogP contribution is -2.17. The van der Waals surface area contributed by atoms with Gasteiger partial charge >= 0.3 is 17.9 Å². The molecule has 0 atom stereocenters. The third-order valence-corrected chi connectivity index (χ3v) is 3.09. The second-order valence-corrected chi connectivity index (χ2v) is 4.71. The van der Waals surface area contributed by atoms with E-state index in [0.717, 1.165) is 18.2 Å². The van der Waals surface area contributed by atoms with Gasteiger partial charge in [0, 0.05) is 5.69 Å². The normalized spacial score (nSPS) is 10.0. The molecular formula is C16H11NO7. The molecule has 0 spiro atoms. The van der Waals surface area contributed by atoms with E-state index in [2.05, 4.69) is 5.32 Å². The van der Waals surface area contributed by atoms with E-state index < -0.39 is 23.8 Å². The van der Waals surface area contributed by atoms with Gasteiger partial charge in [0.25, 0.3) is 5.91 Å². The van der Waals surface area contributed by atoms with Gasteiger partial charge < -0.3 is 20.6 Å². The molecule has 0 bridgehead atoms. The van der Waals surface area contributed by atoms with Crippen LogP contribution < -0.4 is 5.32 Å². The Morgan fingerprint density at radius 1 is 0.708 bits per heavy atom. The molecule has 0 aliphatic heterocycles. The number of carboxylic acids is 3. The third-order valence-electron chi connectivity index (χ3n) is 3.09. The van der Waals surface area contributed by atoms with Crippen LogP contribution in [-0.4, -0.2) is 39.1 Å². The Morgan fingerprint density at radius 2 is 1.21 bits per heavy atom. The SMILES string of the molecule is O=C(O)c1cc(NC(=O)c2ccccc2C(=O)O)cc(C(=O)O)c1. The molecule has 2 rings (SSSR count). The van der Waals surface area contributed by atoms with Gasteiger partial charge in [0.1, 0.15) is 0 Å².